The van der Waals surface area contributed by atoms with E-state index in [9.17, 15) is 14.7 Å². The number of ketones is 1. The highest BCUT2D eigenvalue weighted by atomic mass is 16.4. The summed E-state index contributed by atoms with van der Waals surface area (Å²) in [5.74, 6) is -2.03. The fourth-order valence-electron chi connectivity index (χ4n) is 3.34. The Bertz CT molecular complexity index is 1010. The number of nitrogens with one attached hydrogen (secondary N) is 1. The number of benzene rings is 2. The van der Waals surface area contributed by atoms with Crippen LogP contribution in [0.3, 0.4) is 0 Å². The third-order valence-electron chi connectivity index (χ3n) is 4.98. The van der Waals surface area contributed by atoms with Crippen LogP contribution in [0, 0.1) is 6.92 Å². The van der Waals surface area contributed by atoms with Gasteiger partial charge < -0.3 is 10.1 Å². The van der Waals surface area contributed by atoms with E-state index in [1.165, 1.54) is 0 Å². The number of hydrogen-bond donors (Lipinski definition) is 2. The van der Waals surface area contributed by atoms with Crippen LogP contribution in [0.1, 0.15) is 60.2 Å². The average molecular weight is 363 g/mol. The summed E-state index contributed by atoms with van der Waals surface area (Å²) in [7, 11) is 0. The van der Waals surface area contributed by atoms with E-state index >= 15 is 0 Å². The Morgan fingerprint density at radius 2 is 1.85 bits per heavy atom. The summed E-state index contributed by atoms with van der Waals surface area (Å²) in [6.45, 7) is 8.23. The maximum Gasteiger partial charge on any atom is 0.311 e. The average Bonchev–Trinajstić information content (AvgIpc) is 3.01. The van der Waals surface area contributed by atoms with Crippen LogP contribution >= 0.6 is 0 Å². The lowest BCUT2D eigenvalue weighted by atomic mass is 9.84. The van der Waals surface area contributed by atoms with Gasteiger partial charge in [-0.05, 0) is 41.7 Å². The van der Waals surface area contributed by atoms with E-state index < -0.39 is 11.9 Å². The molecule has 2 aromatic carbocycles. The highest BCUT2D eigenvalue weighted by Gasteiger charge is 2.27. The molecular formula is C23H25NO3. The highest BCUT2D eigenvalue weighted by Crippen LogP contribution is 2.31. The molecule has 0 amide bonds. The fourth-order valence-corrected chi connectivity index (χ4v) is 3.34. The quantitative estimate of drug-likeness (QED) is 0.611. The number of carboxylic acid groups (broad SMARTS) is 1. The highest BCUT2D eigenvalue weighted by molar-refractivity contribution is 6.00. The Kier molecular flexibility index (Phi) is 4.92. The molecule has 0 aliphatic rings. The standard InChI is InChI=1S/C23H25NO3/c1-14-8-9-20-17(10-14)19(13-24-20)18(22(26)27)12-21(25)15-6-5-7-16(11-15)23(2,3)4/h5-11,13,18,24H,12H2,1-4H3,(H,26,27). The van der Waals surface area contributed by atoms with Crippen molar-refractivity contribution in [1.29, 1.82) is 0 Å². The van der Waals surface area contributed by atoms with Crippen LogP contribution in [0.25, 0.3) is 10.9 Å². The maximum atomic E-state index is 12.9. The predicted molar refractivity (Wildman–Crippen MR) is 108 cm³/mol. The number of carboxylic acids is 1. The third kappa shape index (κ3) is 3.95. The lowest BCUT2D eigenvalue weighted by molar-refractivity contribution is -0.138. The van der Waals surface area contributed by atoms with Crippen LogP contribution < -0.4 is 0 Å². The van der Waals surface area contributed by atoms with Gasteiger partial charge in [-0.3, -0.25) is 9.59 Å². The number of Topliss-reactive ketones (excluding diaryl/α,β-unsaturated/α-hetero) is 1. The zero-order valence-electron chi connectivity index (χ0n) is 16.2. The van der Waals surface area contributed by atoms with E-state index in [0.717, 1.165) is 22.0 Å². The minimum Gasteiger partial charge on any atom is -0.481 e. The molecule has 3 aromatic rings. The van der Waals surface area contributed by atoms with Crippen LogP contribution in [0.5, 0.6) is 0 Å². The van der Waals surface area contributed by atoms with Crippen molar-refractivity contribution in [3.05, 3.63) is 70.9 Å². The smallest absolute Gasteiger partial charge is 0.311 e. The zero-order chi connectivity index (χ0) is 19.8. The van der Waals surface area contributed by atoms with Crippen molar-refractivity contribution < 1.29 is 14.7 Å². The van der Waals surface area contributed by atoms with Gasteiger partial charge in [-0.15, -0.1) is 0 Å². The number of aromatic nitrogens is 1. The second kappa shape index (κ2) is 7.03. The summed E-state index contributed by atoms with van der Waals surface area (Å²) in [5.41, 5.74) is 4.13. The minimum absolute atomic E-state index is 0.0657. The Hall–Kier alpha value is -2.88. The normalized spacial score (nSPS) is 12.9. The fraction of sp³-hybridized carbons (Fsp3) is 0.304. The molecule has 4 nitrogen and oxygen atoms in total. The van der Waals surface area contributed by atoms with Crippen molar-refractivity contribution in [3.63, 3.8) is 0 Å². The van der Waals surface area contributed by atoms with Crippen molar-refractivity contribution in [3.8, 4) is 0 Å². The second-order valence-electron chi connectivity index (χ2n) is 8.14. The monoisotopic (exact) mass is 363 g/mol. The molecule has 1 atom stereocenters. The lowest BCUT2D eigenvalue weighted by Gasteiger charge is -2.20. The van der Waals surface area contributed by atoms with E-state index in [-0.39, 0.29) is 17.6 Å². The van der Waals surface area contributed by atoms with Crippen LogP contribution in [0.2, 0.25) is 0 Å². The molecule has 4 heteroatoms. The first-order valence-electron chi connectivity index (χ1n) is 9.11. The number of carbonyl (C=O) groups excluding carboxylic acids is 1. The minimum atomic E-state index is -0.988. The summed E-state index contributed by atoms with van der Waals surface area (Å²) < 4.78 is 0. The van der Waals surface area contributed by atoms with Gasteiger partial charge in [0, 0.05) is 29.1 Å². The van der Waals surface area contributed by atoms with Gasteiger partial charge >= 0.3 is 5.97 Å². The number of fused-ring (bicyclic) bond motifs is 1. The van der Waals surface area contributed by atoms with Crippen LogP contribution in [0.15, 0.2) is 48.7 Å². The van der Waals surface area contributed by atoms with Crippen molar-refractivity contribution in [2.45, 2.75) is 45.4 Å². The summed E-state index contributed by atoms with van der Waals surface area (Å²) in [5, 5.41) is 10.6. The molecular weight excluding hydrogens is 338 g/mol. The molecule has 0 aliphatic carbocycles. The molecule has 0 spiro atoms. The SMILES string of the molecule is Cc1ccc2[nH]cc(C(CC(=O)c3cccc(C(C)(C)C)c3)C(=O)O)c2c1. The van der Waals surface area contributed by atoms with Crippen molar-refractivity contribution in [2.24, 2.45) is 0 Å². The number of carbonyl (C=O) groups is 2. The number of aromatic amines is 1. The van der Waals surface area contributed by atoms with Gasteiger partial charge in [0.05, 0.1) is 5.92 Å². The van der Waals surface area contributed by atoms with E-state index in [1.807, 2.05) is 43.3 Å². The number of H-pyrrole nitrogens is 1. The Balaban J connectivity index is 1.94. The molecule has 27 heavy (non-hydrogen) atoms. The Morgan fingerprint density at radius 1 is 1.11 bits per heavy atom. The summed E-state index contributed by atoms with van der Waals surface area (Å²) >= 11 is 0. The molecule has 1 unspecified atom stereocenters. The number of hydrogen-bond acceptors (Lipinski definition) is 2. The Morgan fingerprint density at radius 3 is 2.52 bits per heavy atom. The van der Waals surface area contributed by atoms with Gasteiger partial charge in [-0.1, -0.05) is 50.6 Å². The molecule has 1 heterocycles. The predicted octanol–water partition coefficient (Wildman–Crippen LogP) is 5.22. The second-order valence-corrected chi connectivity index (χ2v) is 8.14. The topological polar surface area (TPSA) is 70.2 Å². The van der Waals surface area contributed by atoms with E-state index in [1.54, 1.807) is 12.3 Å². The number of rotatable bonds is 5. The van der Waals surface area contributed by atoms with Crippen LogP contribution in [0.4, 0.5) is 0 Å². The van der Waals surface area contributed by atoms with Crippen LogP contribution in [-0.2, 0) is 10.2 Å². The molecule has 0 radical (unpaired) electrons. The first kappa shape index (κ1) is 18.9. The molecule has 140 valence electrons. The van der Waals surface area contributed by atoms with Gasteiger partial charge in [0.2, 0.25) is 0 Å². The third-order valence-corrected chi connectivity index (χ3v) is 4.98. The summed E-state index contributed by atoms with van der Waals surface area (Å²) in [4.78, 5) is 27.9. The molecule has 1 aromatic heterocycles. The van der Waals surface area contributed by atoms with Crippen LogP contribution in [-0.4, -0.2) is 21.8 Å². The Labute approximate surface area is 159 Å². The number of aryl methyl sites for hydroxylation is 1. The van der Waals surface area contributed by atoms with Gasteiger partial charge in [0.15, 0.2) is 5.78 Å². The van der Waals surface area contributed by atoms with Gasteiger partial charge in [-0.2, -0.15) is 0 Å². The molecule has 3 rings (SSSR count). The molecule has 0 bridgehead atoms. The van der Waals surface area contributed by atoms with Gasteiger partial charge in [-0.25, -0.2) is 0 Å². The van der Waals surface area contributed by atoms with Gasteiger partial charge in [0.1, 0.15) is 0 Å². The lowest BCUT2D eigenvalue weighted by Crippen LogP contribution is -2.17. The zero-order valence-corrected chi connectivity index (χ0v) is 16.2. The van der Waals surface area contributed by atoms with E-state index in [4.69, 9.17) is 0 Å². The van der Waals surface area contributed by atoms with Crippen molar-refractivity contribution in [2.75, 3.05) is 0 Å². The van der Waals surface area contributed by atoms with E-state index in [2.05, 4.69) is 25.8 Å². The molecule has 2 N–H and O–H groups in total. The first-order chi connectivity index (χ1) is 12.7. The summed E-state index contributed by atoms with van der Waals surface area (Å²) in [6, 6.07) is 13.4. The van der Waals surface area contributed by atoms with E-state index in [0.29, 0.717) is 11.1 Å². The van der Waals surface area contributed by atoms with Crippen molar-refractivity contribution >= 4 is 22.7 Å². The molecule has 0 saturated heterocycles. The summed E-state index contributed by atoms with van der Waals surface area (Å²) in [6.07, 6.45) is 1.64. The largest absolute Gasteiger partial charge is 0.481 e. The maximum absolute atomic E-state index is 12.9. The van der Waals surface area contributed by atoms with Gasteiger partial charge in [0.25, 0.3) is 0 Å². The number of aliphatic carboxylic acids is 1. The first-order valence-corrected chi connectivity index (χ1v) is 9.11. The molecule has 0 aliphatic heterocycles. The van der Waals surface area contributed by atoms with Crippen molar-refractivity contribution in [1.82, 2.24) is 4.98 Å². The molecule has 0 saturated carbocycles. The molecule has 0 fully saturated rings.